The number of nitrogens with one attached hydrogen (secondary N) is 2. The first-order valence-corrected chi connectivity index (χ1v) is 9.01. The van der Waals surface area contributed by atoms with Crippen molar-refractivity contribution in [2.24, 2.45) is 0 Å². The first kappa shape index (κ1) is 20.0. The molecule has 8 heteroatoms. The molecular formula is C21H21N3O5. The molecule has 0 aliphatic carbocycles. The largest absolute Gasteiger partial charge is 0.483 e. The monoisotopic (exact) mass is 395 g/mol. The molecule has 2 N–H and O–H groups in total. The summed E-state index contributed by atoms with van der Waals surface area (Å²) in [5, 5.41) is 8.99. The number of hydrogen-bond acceptors (Lipinski definition) is 6. The molecule has 0 saturated heterocycles. The summed E-state index contributed by atoms with van der Waals surface area (Å²) in [7, 11) is 0. The fourth-order valence-corrected chi connectivity index (χ4v) is 2.88. The van der Waals surface area contributed by atoms with E-state index in [9.17, 15) is 9.59 Å². The van der Waals surface area contributed by atoms with Gasteiger partial charge in [-0.05, 0) is 32.0 Å². The molecule has 0 unspecified atom stereocenters. The van der Waals surface area contributed by atoms with Crippen LogP contribution in [-0.4, -0.2) is 30.6 Å². The molecular weight excluding hydrogens is 374 g/mol. The van der Waals surface area contributed by atoms with Gasteiger partial charge in [0.1, 0.15) is 17.4 Å². The highest BCUT2D eigenvalue weighted by Gasteiger charge is 2.32. The molecule has 1 heterocycles. The van der Waals surface area contributed by atoms with Crippen LogP contribution in [0.15, 0.2) is 42.5 Å². The lowest BCUT2D eigenvalue weighted by molar-refractivity contribution is -0.131. The van der Waals surface area contributed by atoms with Crippen LogP contribution in [0.1, 0.15) is 25.0 Å². The van der Waals surface area contributed by atoms with Crippen LogP contribution >= 0.6 is 0 Å². The average molecular weight is 395 g/mol. The lowest BCUT2D eigenvalue weighted by Gasteiger charge is -2.18. The molecule has 0 bridgehead atoms. The molecule has 0 spiro atoms. The summed E-state index contributed by atoms with van der Waals surface area (Å²) in [5.41, 5.74) is 5.51. The van der Waals surface area contributed by atoms with Crippen LogP contribution in [0.25, 0.3) is 0 Å². The summed E-state index contributed by atoms with van der Waals surface area (Å²) in [6.07, 6.45) is 0.761. The molecule has 0 fully saturated rings. The summed E-state index contributed by atoms with van der Waals surface area (Å²) in [4.78, 5) is 23.8. The van der Waals surface area contributed by atoms with Gasteiger partial charge in [0.2, 0.25) is 0 Å². The standard InChI is InChI=1S/C21H21N3O5/c1-21(2)10-14-7-5-9-17(20(14)29-21)28-13-19(26)24-23-18(25)12-27-16-8-4-3-6-15(16)11-22/h3-9H,10,12-13H2,1-2H3,(H,23,25)(H,24,26). The van der Waals surface area contributed by atoms with Crippen LogP contribution < -0.4 is 25.1 Å². The maximum atomic E-state index is 11.9. The fourth-order valence-electron chi connectivity index (χ4n) is 2.88. The Morgan fingerprint density at radius 2 is 1.66 bits per heavy atom. The number of hydrogen-bond donors (Lipinski definition) is 2. The number of rotatable bonds is 6. The van der Waals surface area contributed by atoms with Crippen molar-refractivity contribution < 1.29 is 23.8 Å². The van der Waals surface area contributed by atoms with Gasteiger partial charge in [0, 0.05) is 12.0 Å². The van der Waals surface area contributed by atoms with Crippen molar-refractivity contribution in [2.75, 3.05) is 13.2 Å². The minimum absolute atomic E-state index is 0.292. The van der Waals surface area contributed by atoms with Crippen LogP contribution in [-0.2, 0) is 16.0 Å². The van der Waals surface area contributed by atoms with E-state index in [0.29, 0.717) is 22.8 Å². The summed E-state index contributed by atoms with van der Waals surface area (Å²) in [5.74, 6) is 0.299. The van der Waals surface area contributed by atoms with Gasteiger partial charge >= 0.3 is 0 Å². The molecule has 0 aromatic heterocycles. The van der Waals surface area contributed by atoms with E-state index in [1.807, 2.05) is 32.0 Å². The molecule has 1 aliphatic rings. The van der Waals surface area contributed by atoms with Crippen molar-refractivity contribution in [3.63, 3.8) is 0 Å². The maximum absolute atomic E-state index is 11.9. The number of carbonyl (C=O) groups is 2. The lowest BCUT2D eigenvalue weighted by atomic mass is 10.0. The molecule has 2 aromatic rings. The Labute approximate surface area is 168 Å². The molecule has 29 heavy (non-hydrogen) atoms. The Balaban J connectivity index is 1.44. The van der Waals surface area contributed by atoms with Gasteiger partial charge in [0.15, 0.2) is 24.7 Å². The van der Waals surface area contributed by atoms with Gasteiger partial charge in [-0.1, -0.05) is 24.3 Å². The number of nitriles is 1. The van der Waals surface area contributed by atoms with Gasteiger partial charge in [-0.25, -0.2) is 0 Å². The Morgan fingerprint density at radius 1 is 1.03 bits per heavy atom. The molecule has 0 radical (unpaired) electrons. The zero-order valence-electron chi connectivity index (χ0n) is 16.2. The van der Waals surface area contributed by atoms with Crippen LogP contribution in [0.5, 0.6) is 17.2 Å². The van der Waals surface area contributed by atoms with E-state index in [4.69, 9.17) is 19.5 Å². The van der Waals surface area contributed by atoms with Crippen LogP contribution in [0.4, 0.5) is 0 Å². The predicted molar refractivity (Wildman–Crippen MR) is 103 cm³/mol. The summed E-state index contributed by atoms with van der Waals surface area (Å²) >= 11 is 0. The van der Waals surface area contributed by atoms with Crippen LogP contribution in [0.3, 0.4) is 0 Å². The number of para-hydroxylation sites is 2. The van der Waals surface area contributed by atoms with Crippen molar-refractivity contribution in [2.45, 2.75) is 25.9 Å². The SMILES string of the molecule is CC1(C)Cc2cccc(OCC(=O)NNC(=O)COc3ccccc3C#N)c2O1. The van der Waals surface area contributed by atoms with E-state index in [0.717, 1.165) is 12.0 Å². The lowest BCUT2D eigenvalue weighted by Crippen LogP contribution is -2.45. The highest BCUT2D eigenvalue weighted by atomic mass is 16.5. The summed E-state index contributed by atoms with van der Waals surface area (Å²) < 4.78 is 16.7. The molecule has 0 saturated carbocycles. The second kappa shape index (κ2) is 8.52. The Bertz CT molecular complexity index is 965. The van der Waals surface area contributed by atoms with Gasteiger partial charge in [-0.2, -0.15) is 5.26 Å². The van der Waals surface area contributed by atoms with E-state index in [1.54, 1.807) is 30.3 Å². The number of fused-ring (bicyclic) bond motifs is 1. The van der Waals surface area contributed by atoms with E-state index in [-0.39, 0.29) is 18.8 Å². The van der Waals surface area contributed by atoms with Crippen molar-refractivity contribution in [3.8, 4) is 23.3 Å². The van der Waals surface area contributed by atoms with Crippen molar-refractivity contribution in [3.05, 3.63) is 53.6 Å². The summed E-state index contributed by atoms with van der Waals surface area (Å²) in [6.45, 7) is 3.32. The molecule has 1 aliphatic heterocycles. The van der Waals surface area contributed by atoms with Gasteiger partial charge in [-0.15, -0.1) is 0 Å². The Kier molecular flexibility index (Phi) is 5.88. The quantitative estimate of drug-likeness (QED) is 0.723. The topological polar surface area (TPSA) is 110 Å². The average Bonchev–Trinajstić information content (AvgIpc) is 3.03. The molecule has 150 valence electrons. The summed E-state index contributed by atoms with van der Waals surface area (Å²) in [6, 6.07) is 14.1. The number of ether oxygens (including phenoxy) is 3. The van der Waals surface area contributed by atoms with Crippen molar-refractivity contribution >= 4 is 11.8 Å². The highest BCUT2D eigenvalue weighted by molar-refractivity contribution is 5.83. The zero-order chi connectivity index (χ0) is 20.9. The van der Waals surface area contributed by atoms with Gasteiger partial charge in [0.05, 0.1) is 5.56 Å². The molecule has 0 atom stereocenters. The Hall–Kier alpha value is -3.73. The van der Waals surface area contributed by atoms with Gasteiger partial charge < -0.3 is 14.2 Å². The molecule has 2 amide bonds. The third-order valence-electron chi connectivity index (χ3n) is 4.12. The molecule has 8 nitrogen and oxygen atoms in total. The number of benzene rings is 2. The fraction of sp³-hybridized carbons (Fsp3) is 0.286. The van der Waals surface area contributed by atoms with Gasteiger partial charge in [-0.3, -0.25) is 20.4 Å². The third kappa shape index (κ3) is 5.17. The second-order valence-electron chi connectivity index (χ2n) is 7.06. The minimum atomic E-state index is -0.572. The Morgan fingerprint density at radius 3 is 2.34 bits per heavy atom. The first-order chi connectivity index (χ1) is 13.9. The number of carbonyl (C=O) groups excluding carboxylic acids is 2. The smallest absolute Gasteiger partial charge is 0.276 e. The van der Waals surface area contributed by atoms with E-state index in [1.165, 1.54) is 0 Å². The third-order valence-corrected chi connectivity index (χ3v) is 4.12. The van der Waals surface area contributed by atoms with Crippen molar-refractivity contribution in [1.29, 1.82) is 5.26 Å². The number of nitrogens with zero attached hydrogens (tertiary/aromatic N) is 1. The van der Waals surface area contributed by atoms with E-state index < -0.39 is 11.8 Å². The predicted octanol–water partition coefficient (Wildman–Crippen LogP) is 1.88. The van der Waals surface area contributed by atoms with Crippen molar-refractivity contribution in [1.82, 2.24) is 10.9 Å². The van der Waals surface area contributed by atoms with Crippen LogP contribution in [0, 0.1) is 11.3 Å². The van der Waals surface area contributed by atoms with E-state index >= 15 is 0 Å². The zero-order valence-corrected chi connectivity index (χ0v) is 16.2. The highest BCUT2D eigenvalue weighted by Crippen LogP contribution is 2.41. The maximum Gasteiger partial charge on any atom is 0.276 e. The number of hydrazine groups is 1. The molecule has 2 aromatic carbocycles. The first-order valence-electron chi connectivity index (χ1n) is 9.01. The minimum Gasteiger partial charge on any atom is -0.483 e. The second-order valence-corrected chi connectivity index (χ2v) is 7.06. The van der Waals surface area contributed by atoms with E-state index in [2.05, 4.69) is 10.9 Å². The molecule has 3 rings (SSSR count). The normalized spacial score (nSPS) is 13.4. The van der Waals surface area contributed by atoms with Gasteiger partial charge in [0.25, 0.3) is 11.8 Å². The van der Waals surface area contributed by atoms with Crippen LogP contribution in [0.2, 0.25) is 0 Å². The number of amides is 2.